The van der Waals surface area contributed by atoms with Crippen molar-refractivity contribution in [1.82, 2.24) is 25.2 Å². The van der Waals surface area contributed by atoms with Gasteiger partial charge in [-0.15, -0.1) is 0 Å². The van der Waals surface area contributed by atoms with Crippen LogP contribution in [0.4, 0.5) is 0 Å². The lowest BCUT2D eigenvalue weighted by Crippen LogP contribution is -2.45. The SMILES string of the molecule is O=C1N[C@@H]2COC[C@H]1CN(C(=O)Cn1nc3ccccc3n1)C2. The Morgan fingerprint density at radius 1 is 1.22 bits per heavy atom. The number of nitrogens with one attached hydrogen (secondary N) is 1. The normalized spacial score (nSPS) is 24.3. The van der Waals surface area contributed by atoms with Gasteiger partial charge in [-0.1, -0.05) is 12.1 Å². The third kappa shape index (κ3) is 2.77. The number of hydrogen-bond acceptors (Lipinski definition) is 5. The molecule has 1 aromatic heterocycles. The Balaban J connectivity index is 1.51. The van der Waals surface area contributed by atoms with Gasteiger partial charge in [0.15, 0.2) is 0 Å². The van der Waals surface area contributed by atoms with E-state index in [2.05, 4.69) is 15.5 Å². The fourth-order valence-electron chi connectivity index (χ4n) is 3.03. The number of aromatic nitrogens is 3. The molecule has 2 aromatic rings. The number of ether oxygens (including phenoxy) is 1. The molecule has 1 aromatic carbocycles. The van der Waals surface area contributed by atoms with Crippen LogP contribution in [0.25, 0.3) is 11.0 Å². The topological polar surface area (TPSA) is 89.4 Å². The summed E-state index contributed by atoms with van der Waals surface area (Å²) in [4.78, 5) is 27.7. The summed E-state index contributed by atoms with van der Waals surface area (Å²) in [6.45, 7) is 1.71. The lowest BCUT2D eigenvalue weighted by Gasteiger charge is -2.27. The van der Waals surface area contributed by atoms with Crippen molar-refractivity contribution in [2.75, 3.05) is 26.3 Å². The molecule has 0 aliphatic carbocycles. The van der Waals surface area contributed by atoms with Crippen LogP contribution in [0.1, 0.15) is 0 Å². The molecule has 23 heavy (non-hydrogen) atoms. The Kier molecular flexibility index (Phi) is 3.45. The Labute approximate surface area is 132 Å². The summed E-state index contributed by atoms with van der Waals surface area (Å²) < 4.78 is 5.47. The summed E-state index contributed by atoms with van der Waals surface area (Å²) in [6.07, 6.45) is 0. The summed E-state index contributed by atoms with van der Waals surface area (Å²) in [5, 5.41) is 11.5. The Morgan fingerprint density at radius 2 is 1.96 bits per heavy atom. The van der Waals surface area contributed by atoms with Crippen molar-refractivity contribution < 1.29 is 14.3 Å². The van der Waals surface area contributed by atoms with Crippen LogP contribution in [0.3, 0.4) is 0 Å². The molecule has 2 amide bonds. The lowest BCUT2D eigenvalue weighted by atomic mass is 10.1. The first-order valence-electron chi connectivity index (χ1n) is 7.65. The van der Waals surface area contributed by atoms with Crippen molar-refractivity contribution in [1.29, 1.82) is 0 Å². The molecule has 2 saturated heterocycles. The lowest BCUT2D eigenvalue weighted by molar-refractivity contribution is -0.134. The number of carbonyl (C=O) groups is 2. The number of amides is 2. The molecule has 0 spiro atoms. The molecule has 2 atom stereocenters. The molecule has 1 N–H and O–H groups in total. The number of benzene rings is 1. The molecule has 4 rings (SSSR count). The van der Waals surface area contributed by atoms with Crippen LogP contribution in [0.2, 0.25) is 0 Å². The second kappa shape index (κ2) is 5.62. The van der Waals surface area contributed by atoms with Crippen molar-refractivity contribution in [2.45, 2.75) is 12.6 Å². The van der Waals surface area contributed by atoms with Gasteiger partial charge in [0.25, 0.3) is 0 Å². The quantitative estimate of drug-likeness (QED) is 0.800. The van der Waals surface area contributed by atoms with Gasteiger partial charge in [-0.2, -0.15) is 15.0 Å². The molecule has 120 valence electrons. The van der Waals surface area contributed by atoms with Crippen LogP contribution in [0.5, 0.6) is 0 Å². The average Bonchev–Trinajstić information content (AvgIpc) is 2.74. The number of carbonyl (C=O) groups excluding carboxylic acids is 2. The predicted molar refractivity (Wildman–Crippen MR) is 80.3 cm³/mol. The van der Waals surface area contributed by atoms with Crippen molar-refractivity contribution in [2.24, 2.45) is 5.92 Å². The molecule has 8 nitrogen and oxygen atoms in total. The van der Waals surface area contributed by atoms with E-state index in [1.54, 1.807) is 4.90 Å². The van der Waals surface area contributed by atoms with Crippen LogP contribution < -0.4 is 5.32 Å². The minimum absolute atomic E-state index is 0.0363. The predicted octanol–water partition coefficient (Wildman–Crippen LogP) is -0.595. The first kappa shape index (κ1) is 14.1. The minimum atomic E-state index is -0.309. The van der Waals surface area contributed by atoms with E-state index in [-0.39, 0.29) is 30.3 Å². The average molecular weight is 315 g/mol. The van der Waals surface area contributed by atoms with E-state index in [4.69, 9.17) is 4.74 Å². The van der Waals surface area contributed by atoms with E-state index in [0.717, 1.165) is 11.0 Å². The Hall–Kier alpha value is -2.48. The molecular weight excluding hydrogens is 298 g/mol. The van der Waals surface area contributed by atoms with Crippen molar-refractivity contribution in [3.63, 3.8) is 0 Å². The van der Waals surface area contributed by atoms with E-state index in [1.165, 1.54) is 4.80 Å². The minimum Gasteiger partial charge on any atom is -0.378 e. The zero-order chi connectivity index (χ0) is 15.8. The van der Waals surface area contributed by atoms with E-state index in [9.17, 15) is 9.59 Å². The van der Waals surface area contributed by atoms with E-state index in [0.29, 0.717) is 26.3 Å². The molecule has 0 saturated carbocycles. The monoisotopic (exact) mass is 315 g/mol. The number of rotatable bonds is 2. The van der Waals surface area contributed by atoms with E-state index >= 15 is 0 Å². The first-order chi connectivity index (χ1) is 11.2. The van der Waals surface area contributed by atoms with Gasteiger partial charge in [-0.3, -0.25) is 9.59 Å². The van der Waals surface area contributed by atoms with Gasteiger partial charge in [-0.05, 0) is 12.1 Å². The Bertz CT molecular complexity index is 725. The molecule has 2 aliphatic rings. The van der Waals surface area contributed by atoms with Gasteiger partial charge in [-0.25, -0.2) is 0 Å². The summed E-state index contributed by atoms with van der Waals surface area (Å²) in [7, 11) is 0. The molecule has 2 aliphatic heterocycles. The molecule has 8 heteroatoms. The van der Waals surface area contributed by atoms with Crippen LogP contribution in [-0.2, 0) is 20.9 Å². The highest BCUT2D eigenvalue weighted by Gasteiger charge is 2.35. The molecule has 3 heterocycles. The van der Waals surface area contributed by atoms with Gasteiger partial charge in [0.05, 0.1) is 25.2 Å². The zero-order valence-corrected chi connectivity index (χ0v) is 12.5. The maximum atomic E-state index is 12.6. The highest BCUT2D eigenvalue weighted by atomic mass is 16.5. The summed E-state index contributed by atoms with van der Waals surface area (Å²) in [5.74, 6) is -0.430. The molecule has 2 bridgehead atoms. The second-order valence-corrected chi connectivity index (χ2v) is 5.96. The number of fused-ring (bicyclic) bond motifs is 4. The zero-order valence-electron chi connectivity index (χ0n) is 12.5. The molecular formula is C15H17N5O3. The van der Waals surface area contributed by atoms with Gasteiger partial charge in [0.2, 0.25) is 11.8 Å². The Morgan fingerprint density at radius 3 is 2.70 bits per heavy atom. The largest absolute Gasteiger partial charge is 0.378 e. The van der Waals surface area contributed by atoms with Crippen LogP contribution in [0.15, 0.2) is 24.3 Å². The third-order valence-electron chi connectivity index (χ3n) is 4.19. The number of nitrogens with zero attached hydrogens (tertiary/aromatic N) is 4. The van der Waals surface area contributed by atoms with Gasteiger partial charge in [0.1, 0.15) is 17.6 Å². The highest BCUT2D eigenvalue weighted by Crippen LogP contribution is 2.14. The smallest absolute Gasteiger partial charge is 0.246 e. The standard InChI is InChI=1S/C15H17N5O3/c21-14(7-20-17-12-3-1-2-4-13(12)18-20)19-5-10-8-23-9-11(6-19)16-15(10)22/h1-4,10-11H,5-9H2,(H,16,22)/t10-,11+/m1/s1. The van der Waals surface area contributed by atoms with Gasteiger partial charge in [0, 0.05) is 13.1 Å². The third-order valence-corrected chi connectivity index (χ3v) is 4.19. The van der Waals surface area contributed by atoms with Crippen LogP contribution in [-0.4, -0.2) is 64.1 Å². The van der Waals surface area contributed by atoms with Crippen molar-refractivity contribution in [3.05, 3.63) is 24.3 Å². The maximum Gasteiger partial charge on any atom is 0.246 e. The van der Waals surface area contributed by atoms with Gasteiger partial charge >= 0.3 is 0 Å². The van der Waals surface area contributed by atoms with E-state index in [1.807, 2.05) is 24.3 Å². The molecule has 0 radical (unpaired) electrons. The fourth-order valence-corrected chi connectivity index (χ4v) is 3.03. The fraction of sp³-hybridized carbons (Fsp3) is 0.467. The molecule has 0 unspecified atom stereocenters. The summed E-state index contributed by atoms with van der Waals surface area (Å²) in [6, 6.07) is 7.34. The highest BCUT2D eigenvalue weighted by molar-refractivity contribution is 5.82. The van der Waals surface area contributed by atoms with Crippen LogP contribution in [0, 0.1) is 5.92 Å². The second-order valence-electron chi connectivity index (χ2n) is 5.96. The van der Waals surface area contributed by atoms with Crippen molar-refractivity contribution >= 4 is 22.8 Å². The number of hydrogen-bond donors (Lipinski definition) is 1. The van der Waals surface area contributed by atoms with E-state index < -0.39 is 0 Å². The van der Waals surface area contributed by atoms with Crippen LogP contribution >= 0.6 is 0 Å². The van der Waals surface area contributed by atoms with Crippen molar-refractivity contribution in [3.8, 4) is 0 Å². The molecule has 2 fully saturated rings. The summed E-state index contributed by atoms with van der Waals surface area (Å²) in [5.41, 5.74) is 1.52. The van der Waals surface area contributed by atoms with Gasteiger partial charge < -0.3 is 15.0 Å². The maximum absolute atomic E-state index is 12.6. The summed E-state index contributed by atoms with van der Waals surface area (Å²) >= 11 is 0. The first-order valence-corrected chi connectivity index (χ1v) is 7.65.